The van der Waals surface area contributed by atoms with Crippen molar-refractivity contribution in [2.75, 3.05) is 5.32 Å². The molecule has 4 aromatic rings. The van der Waals surface area contributed by atoms with Crippen LogP contribution in [0.15, 0.2) is 54.3 Å². The zero-order valence-electron chi connectivity index (χ0n) is 15.7. The van der Waals surface area contributed by atoms with Crippen LogP contribution in [-0.2, 0) is 19.3 Å². The molecule has 4 rings (SSSR count). The lowest BCUT2D eigenvalue weighted by atomic mass is 10.2. The van der Waals surface area contributed by atoms with Gasteiger partial charge in [-0.25, -0.2) is 9.67 Å². The Morgan fingerprint density at radius 3 is 2.65 bits per heavy atom. The number of carbonyl (C=O) groups is 1. The quantitative estimate of drug-likeness (QED) is 0.452. The molecule has 0 unspecified atom stereocenters. The molecular weight excluding hydrogens is 453 g/mol. The number of aromatic nitrogens is 5. The molecule has 0 saturated carbocycles. The van der Waals surface area contributed by atoms with E-state index in [1.165, 1.54) is 28.5 Å². The maximum Gasteiger partial charge on any atom is 0.435 e. The number of anilines is 1. The number of nitrogens with zero attached hydrogens (tertiary/aromatic N) is 5. The van der Waals surface area contributed by atoms with E-state index in [2.05, 4.69) is 20.5 Å². The van der Waals surface area contributed by atoms with Crippen molar-refractivity contribution in [3.63, 3.8) is 0 Å². The first-order valence-electron chi connectivity index (χ1n) is 8.89. The molecule has 1 N–H and O–H groups in total. The van der Waals surface area contributed by atoms with Crippen LogP contribution >= 0.6 is 22.9 Å². The first kappa shape index (κ1) is 21.1. The molecule has 12 heteroatoms. The number of thiophene rings is 1. The SMILES string of the molecule is O=C(Nc1ncn(Cc2cccc(Cl)c2)n1)c1cc(Cn2ccc(C(F)(F)F)n2)cs1. The van der Waals surface area contributed by atoms with Crippen molar-refractivity contribution in [2.45, 2.75) is 19.3 Å². The third kappa shape index (κ3) is 5.30. The predicted octanol–water partition coefficient (Wildman–Crippen LogP) is 4.56. The largest absolute Gasteiger partial charge is 0.435 e. The van der Waals surface area contributed by atoms with Gasteiger partial charge in [-0.05, 0) is 40.8 Å². The van der Waals surface area contributed by atoms with Gasteiger partial charge in [0, 0.05) is 11.2 Å². The van der Waals surface area contributed by atoms with E-state index in [1.54, 1.807) is 22.2 Å². The minimum Gasteiger partial charge on any atom is -0.288 e. The first-order chi connectivity index (χ1) is 14.8. The number of hydrogen-bond acceptors (Lipinski definition) is 5. The highest BCUT2D eigenvalue weighted by Gasteiger charge is 2.33. The number of halogens is 4. The predicted molar refractivity (Wildman–Crippen MR) is 109 cm³/mol. The van der Waals surface area contributed by atoms with E-state index in [0.717, 1.165) is 11.6 Å². The Morgan fingerprint density at radius 1 is 1.10 bits per heavy atom. The fraction of sp³-hybridized carbons (Fsp3) is 0.158. The van der Waals surface area contributed by atoms with Gasteiger partial charge in [0.15, 0.2) is 5.69 Å². The van der Waals surface area contributed by atoms with Crippen molar-refractivity contribution in [1.82, 2.24) is 24.5 Å². The van der Waals surface area contributed by atoms with Crippen LogP contribution in [0, 0.1) is 0 Å². The van der Waals surface area contributed by atoms with Gasteiger partial charge in [0.05, 0.1) is 18.0 Å². The summed E-state index contributed by atoms with van der Waals surface area (Å²) < 4.78 is 40.7. The molecule has 7 nitrogen and oxygen atoms in total. The standard InChI is InChI=1S/C19H14ClF3N6OS/c20-14-3-1-2-12(6-14)8-29-11-24-18(27-29)25-17(30)15-7-13(10-31-15)9-28-5-4-16(26-28)19(21,22)23/h1-7,10-11H,8-9H2,(H,25,27,30). The summed E-state index contributed by atoms with van der Waals surface area (Å²) in [5.74, 6) is -0.267. The molecule has 1 aromatic carbocycles. The molecule has 0 radical (unpaired) electrons. The average molecular weight is 467 g/mol. The van der Waals surface area contributed by atoms with Crippen LogP contribution in [0.4, 0.5) is 19.1 Å². The monoisotopic (exact) mass is 466 g/mol. The second-order valence-electron chi connectivity index (χ2n) is 6.57. The summed E-state index contributed by atoms with van der Waals surface area (Å²) in [6.07, 6.45) is -1.75. The lowest BCUT2D eigenvalue weighted by Crippen LogP contribution is -2.12. The van der Waals surface area contributed by atoms with E-state index in [-0.39, 0.29) is 12.5 Å². The lowest BCUT2D eigenvalue weighted by Gasteiger charge is -2.02. The smallest absolute Gasteiger partial charge is 0.288 e. The highest BCUT2D eigenvalue weighted by molar-refractivity contribution is 7.12. The topological polar surface area (TPSA) is 77.6 Å². The summed E-state index contributed by atoms with van der Waals surface area (Å²) in [5, 5.41) is 12.6. The molecule has 3 heterocycles. The summed E-state index contributed by atoms with van der Waals surface area (Å²) in [6.45, 7) is 0.558. The van der Waals surface area contributed by atoms with E-state index in [1.807, 2.05) is 18.2 Å². The summed E-state index contributed by atoms with van der Waals surface area (Å²) in [4.78, 5) is 16.9. The van der Waals surface area contributed by atoms with Crippen LogP contribution in [-0.4, -0.2) is 30.5 Å². The fourth-order valence-corrected chi connectivity index (χ4v) is 3.79. The Morgan fingerprint density at radius 2 is 1.90 bits per heavy atom. The molecule has 0 fully saturated rings. The van der Waals surface area contributed by atoms with Crippen LogP contribution in [0.2, 0.25) is 5.02 Å². The molecule has 1 amide bonds. The number of carbonyl (C=O) groups excluding carboxylic acids is 1. The Labute approximate surface area is 183 Å². The molecule has 0 bridgehead atoms. The molecular formula is C19H14ClF3N6OS. The van der Waals surface area contributed by atoms with Crippen LogP contribution in [0.5, 0.6) is 0 Å². The zero-order chi connectivity index (χ0) is 22.0. The normalized spacial score (nSPS) is 11.6. The number of rotatable bonds is 6. The van der Waals surface area contributed by atoms with Crippen LogP contribution in [0.3, 0.4) is 0 Å². The minimum atomic E-state index is -4.49. The molecule has 0 atom stereocenters. The maximum atomic E-state index is 12.7. The van der Waals surface area contributed by atoms with Crippen molar-refractivity contribution in [2.24, 2.45) is 0 Å². The molecule has 0 aliphatic carbocycles. The van der Waals surface area contributed by atoms with Gasteiger partial charge in [-0.2, -0.15) is 18.3 Å². The van der Waals surface area contributed by atoms with Crippen molar-refractivity contribution in [1.29, 1.82) is 0 Å². The van der Waals surface area contributed by atoms with Gasteiger partial charge in [-0.1, -0.05) is 23.7 Å². The number of amides is 1. The highest BCUT2D eigenvalue weighted by Crippen LogP contribution is 2.27. The summed E-state index contributed by atoms with van der Waals surface area (Å²) in [5.41, 5.74) is 0.636. The Hall–Kier alpha value is -3.18. The van der Waals surface area contributed by atoms with Gasteiger partial charge in [0.1, 0.15) is 6.33 Å². The molecule has 31 heavy (non-hydrogen) atoms. The molecule has 0 aliphatic heterocycles. The van der Waals surface area contributed by atoms with Gasteiger partial charge < -0.3 is 0 Å². The minimum absolute atomic E-state index is 0.117. The Bertz CT molecular complexity index is 1220. The molecule has 3 aromatic heterocycles. The molecule has 0 saturated heterocycles. The van der Waals surface area contributed by atoms with Gasteiger partial charge in [0.25, 0.3) is 5.91 Å². The van der Waals surface area contributed by atoms with E-state index in [9.17, 15) is 18.0 Å². The van der Waals surface area contributed by atoms with Crippen molar-refractivity contribution in [3.8, 4) is 0 Å². The van der Waals surface area contributed by atoms with Crippen molar-refractivity contribution in [3.05, 3.63) is 81.0 Å². The maximum absolute atomic E-state index is 12.7. The Kier molecular flexibility index (Phi) is 5.79. The van der Waals surface area contributed by atoms with E-state index >= 15 is 0 Å². The number of alkyl halides is 3. The van der Waals surface area contributed by atoms with E-state index < -0.39 is 17.8 Å². The summed E-state index contributed by atoms with van der Waals surface area (Å²) in [7, 11) is 0. The van der Waals surface area contributed by atoms with Crippen molar-refractivity contribution >= 4 is 34.8 Å². The summed E-state index contributed by atoms with van der Waals surface area (Å²) >= 11 is 7.14. The van der Waals surface area contributed by atoms with Crippen LogP contribution in [0.25, 0.3) is 0 Å². The second kappa shape index (κ2) is 8.52. The molecule has 160 valence electrons. The Balaban J connectivity index is 1.37. The third-order valence-corrected chi connectivity index (χ3v) is 5.36. The second-order valence-corrected chi connectivity index (χ2v) is 7.91. The number of hydrogen-bond donors (Lipinski definition) is 1. The van der Waals surface area contributed by atoms with Gasteiger partial charge in [-0.15, -0.1) is 16.4 Å². The van der Waals surface area contributed by atoms with Crippen molar-refractivity contribution < 1.29 is 18.0 Å². The summed E-state index contributed by atoms with van der Waals surface area (Å²) in [6, 6.07) is 9.82. The fourth-order valence-electron chi connectivity index (χ4n) is 2.78. The highest BCUT2D eigenvalue weighted by atomic mass is 35.5. The number of nitrogens with one attached hydrogen (secondary N) is 1. The zero-order valence-corrected chi connectivity index (χ0v) is 17.2. The lowest BCUT2D eigenvalue weighted by molar-refractivity contribution is -0.141. The van der Waals surface area contributed by atoms with E-state index in [4.69, 9.17) is 11.6 Å². The van der Waals surface area contributed by atoms with Gasteiger partial charge in [-0.3, -0.25) is 14.8 Å². The molecule has 0 aliphatic rings. The van der Waals surface area contributed by atoms with E-state index in [0.29, 0.717) is 22.0 Å². The van der Waals surface area contributed by atoms with Gasteiger partial charge >= 0.3 is 6.18 Å². The third-order valence-electron chi connectivity index (χ3n) is 4.15. The number of benzene rings is 1. The first-order valence-corrected chi connectivity index (χ1v) is 10.2. The van der Waals surface area contributed by atoms with Gasteiger partial charge in [0.2, 0.25) is 5.95 Å². The van der Waals surface area contributed by atoms with Crippen LogP contribution < -0.4 is 5.32 Å². The van der Waals surface area contributed by atoms with Crippen LogP contribution in [0.1, 0.15) is 26.5 Å². The average Bonchev–Trinajstić information content (AvgIpc) is 3.43. The molecule has 0 spiro atoms.